The van der Waals surface area contributed by atoms with Crippen LogP contribution in [0.2, 0.25) is 5.02 Å². The van der Waals surface area contributed by atoms with E-state index in [-0.39, 0.29) is 11.7 Å². The fourth-order valence-corrected chi connectivity index (χ4v) is 3.09. The SMILES string of the molecule is O=C(CSc1nncn1-c1ccccc1)NCc1cccc(Cl)c1. The van der Waals surface area contributed by atoms with Crippen molar-refractivity contribution in [3.63, 3.8) is 0 Å². The Balaban J connectivity index is 1.55. The molecule has 0 atom stereocenters. The van der Waals surface area contributed by atoms with Crippen LogP contribution < -0.4 is 5.32 Å². The zero-order valence-corrected chi connectivity index (χ0v) is 14.3. The highest BCUT2D eigenvalue weighted by atomic mass is 35.5. The molecule has 3 aromatic rings. The van der Waals surface area contributed by atoms with Crippen molar-refractivity contribution in [2.24, 2.45) is 0 Å². The number of para-hydroxylation sites is 1. The highest BCUT2D eigenvalue weighted by molar-refractivity contribution is 7.99. The van der Waals surface area contributed by atoms with Gasteiger partial charge in [0.1, 0.15) is 6.33 Å². The second-order valence-corrected chi connectivity index (χ2v) is 6.39. The van der Waals surface area contributed by atoms with Crippen LogP contribution in [-0.2, 0) is 11.3 Å². The standard InChI is InChI=1S/C17H15ClN4OS/c18-14-6-4-5-13(9-14)10-19-16(23)11-24-17-21-20-12-22(17)15-7-2-1-3-8-15/h1-9,12H,10-11H2,(H,19,23). The number of carbonyl (C=O) groups excluding carboxylic acids is 1. The van der Waals surface area contributed by atoms with Crippen LogP contribution in [0.3, 0.4) is 0 Å². The Hall–Kier alpha value is -2.31. The summed E-state index contributed by atoms with van der Waals surface area (Å²) >= 11 is 7.28. The number of benzene rings is 2. The lowest BCUT2D eigenvalue weighted by Crippen LogP contribution is -2.24. The average molecular weight is 359 g/mol. The number of hydrogen-bond donors (Lipinski definition) is 1. The zero-order chi connectivity index (χ0) is 16.8. The largest absolute Gasteiger partial charge is 0.351 e. The van der Waals surface area contributed by atoms with Gasteiger partial charge in [-0.05, 0) is 29.8 Å². The summed E-state index contributed by atoms with van der Waals surface area (Å²) in [5, 5.41) is 12.2. The Kier molecular flexibility index (Phi) is 5.51. The van der Waals surface area contributed by atoms with Gasteiger partial charge in [-0.3, -0.25) is 9.36 Å². The number of halogens is 1. The van der Waals surface area contributed by atoms with E-state index in [1.54, 1.807) is 12.4 Å². The molecule has 2 aromatic carbocycles. The summed E-state index contributed by atoms with van der Waals surface area (Å²) in [4.78, 5) is 12.0. The number of aromatic nitrogens is 3. The third-order valence-electron chi connectivity index (χ3n) is 3.26. The van der Waals surface area contributed by atoms with Crippen molar-refractivity contribution in [3.8, 4) is 5.69 Å². The second kappa shape index (κ2) is 7.99. The molecule has 24 heavy (non-hydrogen) atoms. The quantitative estimate of drug-likeness (QED) is 0.687. The molecule has 0 spiro atoms. The van der Waals surface area contributed by atoms with Gasteiger partial charge in [0.25, 0.3) is 0 Å². The molecule has 122 valence electrons. The summed E-state index contributed by atoms with van der Waals surface area (Å²) in [5.74, 6) is 0.203. The van der Waals surface area contributed by atoms with Crippen LogP contribution in [0.25, 0.3) is 5.69 Å². The van der Waals surface area contributed by atoms with Gasteiger partial charge >= 0.3 is 0 Å². The highest BCUT2D eigenvalue weighted by Crippen LogP contribution is 2.19. The van der Waals surface area contributed by atoms with Gasteiger partial charge in [-0.1, -0.05) is 53.7 Å². The number of nitrogens with one attached hydrogen (secondary N) is 1. The van der Waals surface area contributed by atoms with Crippen molar-refractivity contribution in [2.45, 2.75) is 11.7 Å². The topological polar surface area (TPSA) is 59.8 Å². The normalized spacial score (nSPS) is 10.5. The average Bonchev–Trinajstić information content (AvgIpc) is 3.07. The molecule has 1 N–H and O–H groups in total. The van der Waals surface area contributed by atoms with E-state index in [0.717, 1.165) is 11.3 Å². The van der Waals surface area contributed by atoms with E-state index in [1.807, 2.05) is 53.1 Å². The first-order chi connectivity index (χ1) is 11.7. The molecule has 0 aliphatic carbocycles. The second-order valence-electron chi connectivity index (χ2n) is 5.01. The number of hydrogen-bond acceptors (Lipinski definition) is 4. The van der Waals surface area contributed by atoms with Gasteiger partial charge in [0, 0.05) is 17.3 Å². The summed E-state index contributed by atoms with van der Waals surface area (Å²) in [7, 11) is 0. The summed E-state index contributed by atoms with van der Waals surface area (Å²) in [6, 6.07) is 17.2. The van der Waals surface area contributed by atoms with Crippen molar-refractivity contribution < 1.29 is 4.79 Å². The van der Waals surface area contributed by atoms with Gasteiger partial charge in [0.2, 0.25) is 5.91 Å². The highest BCUT2D eigenvalue weighted by Gasteiger charge is 2.10. The zero-order valence-electron chi connectivity index (χ0n) is 12.7. The van der Waals surface area contributed by atoms with Crippen LogP contribution in [0.1, 0.15) is 5.56 Å². The lowest BCUT2D eigenvalue weighted by atomic mass is 10.2. The number of thioether (sulfide) groups is 1. The van der Waals surface area contributed by atoms with Crippen LogP contribution in [0, 0.1) is 0 Å². The summed E-state index contributed by atoms with van der Waals surface area (Å²) in [6.07, 6.45) is 1.64. The molecule has 0 aliphatic heterocycles. The number of amides is 1. The molecule has 1 heterocycles. The van der Waals surface area contributed by atoms with E-state index in [0.29, 0.717) is 16.7 Å². The van der Waals surface area contributed by atoms with Gasteiger partial charge < -0.3 is 5.32 Å². The Bertz CT molecular complexity index is 822. The first-order valence-electron chi connectivity index (χ1n) is 7.32. The molecule has 3 rings (SSSR count). The lowest BCUT2D eigenvalue weighted by Gasteiger charge is -2.07. The van der Waals surface area contributed by atoms with Crippen molar-refractivity contribution in [1.82, 2.24) is 20.1 Å². The predicted octanol–water partition coefficient (Wildman–Crippen LogP) is 3.33. The minimum Gasteiger partial charge on any atom is -0.351 e. The number of rotatable bonds is 6. The van der Waals surface area contributed by atoms with Crippen LogP contribution in [0.4, 0.5) is 0 Å². The Morgan fingerprint density at radius 2 is 2.00 bits per heavy atom. The molecule has 0 unspecified atom stereocenters. The molecular formula is C17H15ClN4OS. The fraction of sp³-hybridized carbons (Fsp3) is 0.118. The molecule has 5 nitrogen and oxygen atoms in total. The maximum absolute atomic E-state index is 12.0. The Labute approximate surface area is 149 Å². The molecule has 0 fully saturated rings. The van der Waals surface area contributed by atoms with Crippen LogP contribution in [-0.4, -0.2) is 26.4 Å². The Morgan fingerprint density at radius 1 is 1.17 bits per heavy atom. The van der Waals surface area contributed by atoms with Crippen LogP contribution in [0.5, 0.6) is 0 Å². The third-order valence-corrected chi connectivity index (χ3v) is 4.44. The smallest absolute Gasteiger partial charge is 0.230 e. The predicted molar refractivity (Wildman–Crippen MR) is 95.4 cm³/mol. The maximum Gasteiger partial charge on any atom is 0.230 e. The first kappa shape index (κ1) is 16.5. The monoisotopic (exact) mass is 358 g/mol. The number of carbonyl (C=O) groups is 1. The minimum absolute atomic E-state index is 0.0670. The molecular weight excluding hydrogens is 344 g/mol. The minimum atomic E-state index is -0.0670. The van der Waals surface area contributed by atoms with Gasteiger partial charge in [0.15, 0.2) is 5.16 Å². The summed E-state index contributed by atoms with van der Waals surface area (Å²) < 4.78 is 1.86. The van der Waals surface area contributed by atoms with Crippen LogP contribution in [0.15, 0.2) is 66.1 Å². The van der Waals surface area contributed by atoms with Crippen molar-refractivity contribution in [1.29, 1.82) is 0 Å². The molecule has 0 saturated carbocycles. The van der Waals surface area contributed by atoms with Gasteiger partial charge in [-0.2, -0.15) is 0 Å². The molecule has 7 heteroatoms. The van der Waals surface area contributed by atoms with Gasteiger partial charge in [0.05, 0.1) is 5.75 Å². The molecule has 1 aromatic heterocycles. The van der Waals surface area contributed by atoms with E-state index in [2.05, 4.69) is 15.5 Å². The Morgan fingerprint density at radius 3 is 2.79 bits per heavy atom. The molecule has 1 amide bonds. The summed E-state index contributed by atoms with van der Waals surface area (Å²) in [6.45, 7) is 0.450. The van der Waals surface area contributed by atoms with Gasteiger partial charge in [-0.25, -0.2) is 0 Å². The van der Waals surface area contributed by atoms with E-state index in [4.69, 9.17) is 11.6 Å². The van der Waals surface area contributed by atoms with E-state index < -0.39 is 0 Å². The molecule has 0 radical (unpaired) electrons. The molecule has 0 saturated heterocycles. The van der Waals surface area contributed by atoms with E-state index in [1.165, 1.54) is 11.8 Å². The van der Waals surface area contributed by atoms with E-state index >= 15 is 0 Å². The third kappa shape index (κ3) is 4.37. The van der Waals surface area contributed by atoms with E-state index in [9.17, 15) is 4.79 Å². The van der Waals surface area contributed by atoms with Crippen molar-refractivity contribution in [2.75, 3.05) is 5.75 Å². The van der Waals surface area contributed by atoms with Gasteiger partial charge in [-0.15, -0.1) is 10.2 Å². The van der Waals surface area contributed by atoms with Crippen molar-refractivity contribution >= 4 is 29.3 Å². The molecule has 0 aliphatic rings. The summed E-state index contributed by atoms with van der Waals surface area (Å²) in [5.41, 5.74) is 1.93. The lowest BCUT2D eigenvalue weighted by molar-refractivity contribution is -0.118. The fourth-order valence-electron chi connectivity index (χ4n) is 2.12. The van der Waals surface area contributed by atoms with Crippen molar-refractivity contribution in [3.05, 3.63) is 71.5 Å². The maximum atomic E-state index is 12.0. The molecule has 0 bridgehead atoms. The number of nitrogens with zero attached hydrogens (tertiary/aromatic N) is 3. The first-order valence-corrected chi connectivity index (χ1v) is 8.68. The van der Waals surface area contributed by atoms with Crippen LogP contribution >= 0.6 is 23.4 Å².